The molecule has 0 unspecified atom stereocenters. The molecule has 0 aliphatic rings. The lowest BCUT2D eigenvalue weighted by Crippen LogP contribution is -2.25. The van der Waals surface area contributed by atoms with Crippen molar-refractivity contribution in [1.29, 1.82) is 0 Å². The van der Waals surface area contributed by atoms with E-state index >= 15 is 0 Å². The van der Waals surface area contributed by atoms with E-state index in [1.807, 2.05) is 0 Å². The number of carbonyl (C=O) groups is 1. The van der Waals surface area contributed by atoms with Crippen molar-refractivity contribution in [2.75, 3.05) is 13.6 Å². The van der Waals surface area contributed by atoms with Crippen LogP contribution < -0.4 is 0 Å². The second-order valence-corrected chi connectivity index (χ2v) is 3.54. The van der Waals surface area contributed by atoms with Gasteiger partial charge >= 0.3 is 5.97 Å². The third-order valence-electron chi connectivity index (χ3n) is 2.01. The highest BCUT2D eigenvalue weighted by Crippen LogP contribution is 2.18. The summed E-state index contributed by atoms with van der Waals surface area (Å²) in [6.45, 7) is 0.193. The molecule has 0 bridgehead atoms. The number of rotatable bonds is 5. The monoisotopic (exact) mass is 237 g/mol. The van der Waals surface area contributed by atoms with Crippen molar-refractivity contribution in [2.24, 2.45) is 0 Å². The Bertz CT molecular complexity index is 491. The highest BCUT2D eigenvalue weighted by atomic mass is 16.4. The average Bonchev–Trinajstić information content (AvgIpc) is 2.84. The Labute approximate surface area is 96.7 Å². The van der Waals surface area contributed by atoms with E-state index in [1.165, 1.54) is 6.26 Å². The van der Waals surface area contributed by atoms with E-state index in [2.05, 4.69) is 10.2 Å². The standard InChI is InChI=1S/C10H11N3O4/c1-13(6-9(14)15)5-8-11-12-10(17-8)7-3-2-4-16-7/h2-4H,5-6H2,1H3,(H,14,15). The van der Waals surface area contributed by atoms with E-state index in [-0.39, 0.29) is 19.0 Å². The van der Waals surface area contributed by atoms with Crippen molar-refractivity contribution < 1.29 is 18.7 Å². The van der Waals surface area contributed by atoms with Gasteiger partial charge < -0.3 is 13.9 Å². The number of hydrogen-bond donors (Lipinski definition) is 1. The van der Waals surface area contributed by atoms with E-state index in [0.717, 1.165) is 0 Å². The van der Waals surface area contributed by atoms with Gasteiger partial charge in [0.15, 0.2) is 5.76 Å². The molecule has 0 radical (unpaired) electrons. The molecule has 0 atom stereocenters. The van der Waals surface area contributed by atoms with E-state index in [9.17, 15) is 4.79 Å². The maximum atomic E-state index is 10.5. The molecule has 0 spiro atoms. The summed E-state index contributed by atoms with van der Waals surface area (Å²) in [6, 6.07) is 3.42. The van der Waals surface area contributed by atoms with Crippen molar-refractivity contribution in [3.8, 4) is 11.7 Å². The van der Waals surface area contributed by atoms with Crippen LogP contribution in [0.5, 0.6) is 0 Å². The summed E-state index contributed by atoms with van der Waals surface area (Å²) in [4.78, 5) is 12.0. The van der Waals surface area contributed by atoms with E-state index in [1.54, 1.807) is 24.1 Å². The summed E-state index contributed by atoms with van der Waals surface area (Å²) < 4.78 is 10.4. The Kier molecular flexibility index (Phi) is 3.20. The summed E-state index contributed by atoms with van der Waals surface area (Å²) in [5, 5.41) is 16.2. The van der Waals surface area contributed by atoms with E-state index in [0.29, 0.717) is 11.7 Å². The summed E-state index contributed by atoms with van der Waals surface area (Å²) >= 11 is 0. The largest absolute Gasteiger partial charge is 0.480 e. The van der Waals surface area contributed by atoms with Gasteiger partial charge in [-0.1, -0.05) is 0 Å². The van der Waals surface area contributed by atoms with Gasteiger partial charge in [-0.15, -0.1) is 10.2 Å². The number of carboxylic acids is 1. The zero-order valence-electron chi connectivity index (χ0n) is 9.16. The van der Waals surface area contributed by atoms with Crippen molar-refractivity contribution in [1.82, 2.24) is 15.1 Å². The van der Waals surface area contributed by atoms with Crippen LogP contribution in [0.25, 0.3) is 11.7 Å². The quantitative estimate of drug-likeness (QED) is 0.823. The third-order valence-corrected chi connectivity index (χ3v) is 2.01. The van der Waals surface area contributed by atoms with Gasteiger partial charge in [-0.2, -0.15) is 0 Å². The van der Waals surface area contributed by atoms with Gasteiger partial charge in [0.25, 0.3) is 5.89 Å². The number of aromatic nitrogens is 2. The minimum atomic E-state index is -0.904. The Hall–Kier alpha value is -2.15. The number of nitrogens with zero attached hydrogens (tertiary/aromatic N) is 3. The first-order valence-electron chi connectivity index (χ1n) is 4.92. The maximum Gasteiger partial charge on any atom is 0.317 e. The number of likely N-dealkylation sites (N-methyl/N-ethyl adjacent to an activating group) is 1. The number of hydrogen-bond acceptors (Lipinski definition) is 6. The second-order valence-electron chi connectivity index (χ2n) is 3.54. The first kappa shape index (κ1) is 11.3. The molecule has 2 heterocycles. The molecule has 1 N–H and O–H groups in total. The Balaban J connectivity index is 2.01. The lowest BCUT2D eigenvalue weighted by molar-refractivity contribution is -0.138. The van der Waals surface area contributed by atoms with Gasteiger partial charge in [0, 0.05) is 0 Å². The van der Waals surface area contributed by atoms with E-state index in [4.69, 9.17) is 13.9 Å². The Morgan fingerprint density at radius 1 is 1.53 bits per heavy atom. The summed E-state index contributed by atoms with van der Waals surface area (Å²) in [5.41, 5.74) is 0. The molecule has 0 aromatic carbocycles. The van der Waals surface area contributed by atoms with Crippen molar-refractivity contribution in [3.05, 3.63) is 24.3 Å². The van der Waals surface area contributed by atoms with Crippen LogP contribution in [0.1, 0.15) is 5.89 Å². The fourth-order valence-electron chi connectivity index (χ4n) is 1.34. The van der Waals surface area contributed by atoms with Gasteiger partial charge in [-0.05, 0) is 19.2 Å². The van der Waals surface area contributed by atoms with E-state index < -0.39 is 5.97 Å². The summed E-state index contributed by atoms with van der Waals surface area (Å²) in [5.74, 6) is 0.219. The molecule has 0 amide bonds. The predicted molar refractivity (Wildman–Crippen MR) is 56.0 cm³/mol. The minimum absolute atomic E-state index is 0.0849. The van der Waals surface area contributed by atoms with Gasteiger partial charge in [-0.3, -0.25) is 9.69 Å². The van der Waals surface area contributed by atoms with Gasteiger partial charge in [0.2, 0.25) is 5.89 Å². The van der Waals surface area contributed by atoms with Crippen LogP contribution >= 0.6 is 0 Å². The average molecular weight is 237 g/mol. The maximum absolute atomic E-state index is 10.5. The predicted octanol–water partition coefficient (Wildman–Crippen LogP) is 0.846. The fraction of sp³-hybridized carbons (Fsp3) is 0.300. The molecular weight excluding hydrogens is 226 g/mol. The summed E-state index contributed by atoms with van der Waals surface area (Å²) in [6.07, 6.45) is 1.51. The second kappa shape index (κ2) is 4.79. The number of furan rings is 1. The number of aliphatic carboxylic acids is 1. The van der Waals surface area contributed by atoms with Crippen LogP contribution in [-0.2, 0) is 11.3 Å². The van der Waals surface area contributed by atoms with Gasteiger partial charge in [-0.25, -0.2) is 0 Å². The molecule has 7 heteroatoms. The molecule has 0 saturated heterocycles. The lowest BCUT2D eigenvalue weighted by Gasteiger charge is -2.09. The zero-order chi connectivity index (χ0) is 12.3. The highest BCUT2D eigenvalue weighted by Gasteiger charge is 2.13. The summed E-state index contributed by atoms with van der Waals surface area (Å²) in [7, 11) is 1.66. The lowest BCUT2D eigenvalue weighted by atomic mass is 10.4. The Morgan fingerprint density at radius 3 is 3.00 bits per heavy atom. The molecule has 17 heavy (non-hydrogen) atoms. The molecule has 2 aromatic heterocycles. The molecular formula is C10H11N3O4. The van der Waals surface area contributed by atoms with Crippen LogP contribution in [0.2, 0.25) is 0 Å². The smallest absolute Gasteiger partial charge is 0.317 e. The van der Waals surface area contributed by atoms with Crippen molar-refractivity contribution in [2.45, 2.75) is 6.54 Å². The zero-order valence-corrected chi connectivity index (χ0v) is 9.16. The SMILES string of the molecule is CN(CC(=O)O)Cc1nnc(-c2ccco2)o1. The normalized spacial score (nSPS) is 10.9. The first-order valence-corrected chi connectivity index (χ1v) is 4.92. The topological polar surface area (TPSA) is 92.6 Å². The van der Waals surface area contributed by atoms with Crippen LogP contribution in [-0.4, -0.2) is 39.8 Å². The van der Waals surface area contributed by atoms with Crippen molar-refractivity contribution >= 4 is 5.97 Å². The molecule has 2 rings (SSSR count). The molecule has 2 aromatic rings. The van der Waals surface area contributed by atoms with Crippen LogP contribution in [0.4, 0.5) is 0 Å². The van der Waals surface area contributed by atoms with Gasteiger partial charge in [0.05, 0.1) is 19.4 Å². The fourth-order valence-corrected chi connectivity index (χ4v) is 1.34. The Morgan fingerprint density at radius 2 is 2.35 bits per heavy atom. The molecule has 0 aliphatic heterocycles. The van der Waals surface area contributed by atoms with Crippen molar-refractivity contribution in [3.63, 3.8) is 0 Å². The third kappa shape index (κ3) is 2.91. The molecule has 0 saturated carbocycles. The van der Waals surface area contributed by atoms with Crippen LogP contribution in [0.15, 0.2) is 27.2 Å². The van der Waals surface area contributed by atoms with Crippen LogP contribution in [0, 0.1) is 0 Å². The van der Waals surface area contributed by atoms with Gasteiger partial charge in [0.1, 0.15) is 0 Å². The first-order chi connectivity index (χ1) is 8.15. The number of carboxylic acid groups (broad SMARTS) is 1. The molecule has 0 aliphatic carbocycles. The minimum Gasteiger partial charge on any atom is -0.480 e. The molecule has 0 fully saturated rings. The molecule has 7 nitrogen and oxygen atoms in total. The highest BCUT2D eigenvalue weighted by molar-refractivity contribution is 5.68. The molecule has 90 valence electrons. The van der Waals surface area contributed by atoms with Crippen LogP contribution in [0.3, 0.4) is 0 Å².